The van der Waals surface area contributed by atoms with Crippen LogP contribution in [0.5, 0.6) is 5.75 Å². The van der Waals surface area contributed by atoms with Crippen molar-refractivity contribution in [2.45, 2.75) is 38.1 Å². The van der Waals surface area contributed by atoms with Gasteiger partial charge in [-0.25, -0.2) is 8.42 Å². The number of aryl methyl sites for hydroxylation is 3. The van der Waals surface area contributed by atoms with Gasteiger partial charge in [0.1, 0.15) is 11.8 Å². The number of amides is 2. The van der Waals surface area contributed by atoms with E-state index in [0.717, 1.165) is 9.87 Å². The first-order valence-electron chi connectivity index (χ1n) is 11.1. The highest BCUT2D eigenvalue weighted by Crippen LogP contribution is 2.38. The van der Waals surface area contributed by atoms with E-state index in [2.05, 4.69) is 10.6 Å². The Labute approximate surface area is 205 Å². The minimum Gasteiger partial charge on any atom is -0.497 e. The minimum absolute atomic E-state index is 0.130. The van der Waals surface area contributed by atoms with Crippen LogP contribution in [0.15, 0.2) is 65.6 Å². The SMILES string of the molecule is COc1cccc(NC(=O)CC2C(=O)Nc3ccccc3N2S(=O)(=O)c2c(C)cc(C)cc2C)c1. The summed E-state index contributed by atoms with van der Waals surface area (Å²) in [7, 11) is -2.68. The molecular weight excluding hydrogens is 466 g/mol. The van der Waals surface area contributed by atoms with E-state index in [9.17, 15) is 18.0 Å². The zero-order valence-electron chi connectivity index (χ0n) is 20.0. The molecule has 1 atom stereocenters. The molecule has 35 heavy (non-hydrogen) atoms. The van der Waals surface area contributed by atoms with Crippen molar-refractivity contribution in [2.75, 3.05) is 22.0 Å². The van der Waals surface area contributed by atoms with Gasteiger partial charge in [0.2, 0.25) is 11.8 Å². The molecule has 1 unspecified atom stereocenters. The minimum atomic E-state index is -4.19. The van der Waals surface area contributed by atoms with E-state index in [1.165, 1.54) is 7.11 Å². The Kier molecular flexibility index (Phi) is 6.53. The number of rotatable bonds is 6. The summed E-state index contributed by atoms with van der Waals surface area (Å²) in [5.74, 6) is -0.521. The quantitative estimate of drug-likeness (QED) is 0.536. The van der Waals surface area contributed by atoms with Crippen LogP contribution in [0.3, 0.4) is 0 Å². The van der Waals surface area contributed by atoms with Gasteiger partial charge in [-0.05, 0) is 56.2 Å². The lowest BCUT2D eigenvalue weighted by Crippen LogP contribution is -2.52. The van der Waals surface area contributed by atoms with E-state index in [0.29, 0.717) is 33.9 Å². The Morgan fingerprint density at radius 1 is 1.03 bits per heavy atom. The average molecular weight is 494 g/mol. The summed E-state index contributed by atoms with van der Waals surface area (Å²) in [6, 6.07) is 15.8. The van der Waals surface area contributed by atoms with Gasteiger partial charge < -0.3 is 15.4 Å². The number of ether oxygens (including phenoxy) is 1. The van der Waals surface area contributed by atoms with Crippen LogP contribution >= 0.6 is 0 Å². The van der Waals surface area contributed by atoms with E-state index >= 15 is 0 Å². The molecule has 1 aliphatic rings. The normalized spacial score (nSPS) is 15.3. The molecule has 0 bridgehead atoms. The molecule has 3 aromatic rings. The number of carbonyl (C=O) groups is 2. The molecule has 0 saturated heterocycles. The summed E-state index contributed by atoms with van der Waals surface area (Å²) >= 11 is 0. The predicted octanol–water partition coefficient (Wildman–Crippen LogP) is 4.17. The van der Waals surface area contributed by atoms with Gasteiger partial charge in [-0.15, -0.1) is 0 Å². The van der Waals surface area contributed by atoms with Crippen LogP contribution in [-0.4, -0.2) is 33.4 Å². The second-order valence-corrected chi connectivity index (χ2v) is 10.3. The predicted molar refractivity (Wildman–Crippen MR) is 135 cm³/mol. The molecule has 1 heterocycles. The van der Waals surface area contributed by atoms with E-state index in [-0.39, 0.29) is 11.3 Å². The number of nitrogens with zero attached hydrogens (tertiary/aromatic N) is 1. The van der Waals surface area contributed by atoms with Crippen molar-refractivity contribution in [3.05, 3.63) is 77.4 Å². The standard InChI is InChI=1S/C26H27N3O5S/c1-16-12-17(2)25(18(3)13-16)35(32,33)29-22-11-6-5-10-21(22)28-26(31)23(29)15-24(30)27-19-8-7-9-20(14-19)34-4/h5-14,23H,15H2,1-4H3,(H,27,30)(H,28,31). The van der Waals surface area contributed by atoms with Gasteiger partial charge in [0.25, 0.3) is 10.0 Å². The Hall–Kier alpha value is -3.85. The number of carbonyl (C=O) groups excluding carboxylic acids is 2. The van der Waals surface area contributed by atoms with Gasteiger partial charge in [0.15, 0.2) is 0 Å². The highest BCUT2D eigenvalue weighted by molar-refractivity contribution is 7.93. The first kappa shape index (κ1) is 24.3. The number of hydrogen-bond donors (Lipinski definition) is 2. The molecular formula is C26H27N3O5S. The first-order chi connectivity index (χ1) is 16.6. The molecule has 2 amide bonds. The van der Waals surface area contributed by atoms with Crippen molar-refractivity contribution in [3.63, 3.8) is 0 Å². The van der Waals surface area contributed by atoms with Gasteiger partial charge >= 0.3 is 0 Å². The molecule has 1 aliphatic heterocycles. The summed E-state index contributed by atoms with van der Waals surface area (Å²) in [5, 5.41) is 5.47. The maximum Gasteiger partial charge on any atom is 0.265 e. The molecule has 0 spiro atoms. The van der Waals surface area contributed by atoms with Crippen molar-refractivity contribution in [2.24, 2.45) is 0 Å². The van der Waals surface area contributed by atoms with Gasteiger partial charge in [-0.1, -0.05) is 35.9 Å². The summed E-state index contributed by atoms with van der Waals surface area (Å²) in [4.78, 5) is 26.2. The topological polar surface area (TPSA) is 105 Å². The number of nitrogens with one attached hydrogen (secondary N) is 2. The van der Waals surface area contributed by atoms with E-state index < -0.39 is 27.9 Å². The zero-order chi connectivity index (χ0) is 25.3. The number of anilines is 3. The van der Waals surface area contributed by atoms with Crippen LogP contribution in [0.1, 0.15) is 23.1 Å². The second-order valence-electron chi connectivity index (χ2n) is 8.54. The van der Waals surface area contributed by atoms with Crippen LogP contribution in [0.4, 0.5) is 17.1 Å². The van der Waals surface area contributed by atoms with Gasteiger partial charge in [-0.3, -0.25) is 13.9 Å². The van der Waals surface area contributed by atoms with Crippen molar-refractivity contribution >= 4 is 38.9 Å². The van der Waals surface area contributed by atoms with Crippen molar-refractivity contribution in [1.82, 2.24) is 0 Å². The van der Waals surface area contributed by atoms with Crippen LogP contribution in [0, 0.1) is 20.8 Å². The number of fused-ring (bicyclic) bond motifs is 1. The van der Waals surface area contributed by atoms with E-state index in [1.54, 1.807) is 74.5 Å². The lowest BCUT2D eigenvalue weighted by molar-refractivity contribution is -0.122. The maximum absolute atomic E-state index is 14.1. The molecule has 0 aliphatic carbocycles. The lowest BCUT2D eigenvalue weighted by Gasteiger charge is -2.37. The Morgan fingerprint density at radius 3 is 2.40 bits per heavy atom. The highest BCUT2D eigenvalue weighted by Gasteiger charge is 2.43. The van der Waals surface area contributed by atoms with Crippen LogP contribution in [0.25, 0.3) is 0 Å². The summed E-state index contributed by atoms with van der Waals surface area (Å²) in [6.45, 7) is 5.35. The fourth-order valence-corrected chi connectivity index (χ4v) is 6.55. The lowest BCUT2D eigenvalue weighted by atomic mass is 10.1. The van der Waals surface area contributed by atoms with E-state index in [1.807, 2.05) is 6.92 Å². The fourth-order valence-electron chi connectivity index (χ4n) is 4.50. The molecule has 182 valence electrons. The first-order valence-corrected chi connectivity index (χ1v) is 12.5. The highest BCUT2D eigenvalue weighted by atomic mass is 32.2. The molecule has 2 N–H and O–H groups in total. The van der Waals surface area contributed by atoms with Crippen molar-refractivity contribution in [3.8, 4) is 5.75 Å². The molecule has 0 saturated carbocycles. The second kappa shape index (κ2) is 9.42. The maximum atomic E-state index is 14.1. The molecule has 0 fully saturated rings. The Morgan fingerprint density at radius 2 is 1.71 bits per heavy atom. The van der Waals surface area contributed by atoms with E-state index in [4.69, 9.17) is 4.74 Å². The molecule has 0 aromatic heterocycles. The van der Waals surface area contributed by atoms with Gasteiger partial charge in [-0.2, -0.15) is 0 Å². The van der Waals surface area contributed by atoms with Gasteiger partial charge in [0.05, 0.1) is 29.8 Å². The molecule has 8 nitrogen and oxygen atoms in total. The van der Waals surface area contributed by atoms with Crippen molar-refractivity contribution < 1.29 is 22.7 Å². The summed E-state index contributed by atoms with van der Waals surface area (Å²) in [6.07, 6.45) is -0.374. The zero-order valence-corrected chi connectivity index (χ0v) is 20.8. The number of para-hydroxylation sites is 2. The van der Waals surface area contributed by atoms with Gasteiger partial charge in [0, 0.05) is 11.8 Å². The number of hydrogen-bond acceptors (Lipinski definition) is 5. The third-order valence-corrected chi connectivity index (χ3v) is 7.97. The Bertz CT molecular complexity index is 1390. The monoisotopic (exact) mass is 493 g/mol. The molecule has 4 rings (SSSR count). The molecule has 9 heteroatoms. The summed E-state index contributed by atoms with van der Waals surface area (Å²) < 4.78 is 34.4. The van der Waals surface area contributed by atoms with Crippen molar-refractivity contribution in [1.29, 1.82) is 0 Å². The number of sulfonamides is 1. The third kappa shape index (κ3) is 4.72. The fraction of sp³-hybridized carbons (Fsp3) is 0.231. The number of methoxy groups -OCH3 is 1. The molecule has 3 aromatic carbocycles. The van der Waals surface area contributed by atoms with Crippen LogP contribution in [-0.2, 0) is 19.6 Å². The summed E-state index contributed by atoms with van der Waals surface area (Å²) in [5.41, 5.74) is 3.24. The van der Waals surface area contributed by atoms with Crippen LogP contribution < -0.4 is 19.7 Å². The number of benzene rings is 3. The largest absolute Gasteiger partial charge is 0.497 e. The smallest absolute Gasteiger partial charge is 0.265 e. The average Bonchev–Trinajstić information content (AvgIpc) is 2.78. The Balaban J connectivity index is 1.76. The molecule has 0 radical (unpaired) electrons. The van der Waals surface area contributed by atoms with Crippen LogP contribution in [0.2, 0.25) is 0 Å². The third-order valence-electron chi connectivity index (χ3n) is 5.84.